The number of piperidine rings is 1. The van der Waals surface area contributed by atoms with Crippen molar-refractivity contribution in [3.8, 4) is 0 Å². The lowest BCUT2D eigenvalue weighted by atomic mass is 9.91. The van der Waals surface area contributed by atoms with E-state index in [4.69, 9.17) is 10.2 Å². The van der Waals surface area contributed by atoms with Crippen molar-refractivity contribution in [2.45, 2.75) is 37.8 Å². The highest BCUT2D eigenvalue weighted by atomic mass is 16.3. The van der Waals surface area contributed by atoms with E-state index >= 15 is 0 Å². The van der Waals surface area contributed by atoms with Crippen molar-refractivity contribution in [1.29, 1.82) is 0 Å². The van der Waals surface area contributed by atoms with Crippen LogP contribution in [-0.2, 0) is 0 Å². The number of hydrogen-bond acceptors (Lipinski definition) is 4. The van der Waals surface area contributed by atoms with Crippen molar-refractivity contribution < 1.29 is 10.2 Å². The summed E-state index contributed by atoms with van der Waals surface area (Å²) in [4.78, 5) is 2.57. The van der Waals surface area contributed by atoms with Gasteiger partial charge < -0.3 is 15.5 Å². The Labute approximate surface area is 97.6 Å². The van der Waals surface area contributed by atoms with E-state index in [-0.39, 0.29) is 6.61 Å². The normalized spacial score (nSPS) is 31.9. The summed E-state index contributed by atoms with van der Waals surface area (Å²) in [6, 6.07) is 1.30. The molecule has 2 aliphatic rings. The molecule has 94 valence electrons. The summed E-state index contributed by atoms with van der Waals surface area (Å²) in [5, 5.41) is 21.3. The zero-order valence-corrected chi connectivity index (χ0v) is 9.94. The average molecular weight is 228 g/mol. The van der Waals surface area contributed by atoms with Gasteiger partial charge in [-0.05, 0) is 31.6 Å². The Morgan fingerprint density at radius 3 is 2.56 bits per heavy atom. The SMILES string of the molecule is OCCNC1CC(CCO)CN(C2CC2)C1. The molecule has 2 fully saturated rings. The minimum atomic E-state index is 0.213. The predicted molar refractivity (Wildman–Crippen MR) is 63.3 cm³/mol. The van der Waals surface area contributed by atoms with Crippen LogP contribution in [0.5, 0.6) is 0 Å². The molecule has 0 aromatic carbocycles. The quantitative estimate of drug-likeness (QED) is 0.589. The van der Waals surface area contributed by atoms with Gasteiger partial charge in [0.25, 0.3) is 0 Å². The van der Waals surface area contributed by atoms with Crippen LogP contribution in [0.1, 0.15) is 25.7 Å². The van der Waals surface area contributed by atoms with Crippen LogP contribution in [0.2, 0.25) is 0 Å². The highest BCUT2D eigenvalue weighted by molar-refractivity contribution is 4.92. The van der Waals surface area contributed by atoms with Crippen molar-refractivity contribution in [3.63, 3.8) is 0 Å². The number of nitrogens with zero attached hydrogens (tertiary/aromatic N) is 1. The molecule has 2 unspecified atom stereocenters. The summed E-state index contributed by atoms with van der Waals surface area (Å²) in [6.45, 7) is 3.48. The maximum absolute atomic E-state index is 9.04. The number of aliphatic hydroxyl groups is 2. The zero-order chi connectivity index (χ0) is 11.4. The fraction of sp³-hybridized carbons (Fsp3) is 1.00. The monoisotopic (exact) mass is 228 g/mol. The fourth-order valence-electron chi connectivity index (χ4n) is 2.79. The van der Waals surface area contributed by atoms with Gasteiger partial charge in [0, 0.05) is 38.3 Å². The molecule has 3 N–H and O–H groups in total. The minimum absolute atomic E-state index is 0.213. The Bertz CT molecular complexity index is 209. The van der Waals surface area contributed by atoms with Gasteiger partial charge in [-0.25, -0.2) is 0 Å². The third-order valence-electron chi connectivity index (χ3n) is 3.71. The molecule has 1 saturated carbocycles. The Balaban J connectivity index is 1.82. The predicted octanol–water partition coefficient (Wildman–Crippen LogP) is -0.196. The molecule has 2 rings (SSSR count). The third kappa shape index (κ3) is 3.42. The van der Waals surface area contributed by atoms with Crippen LogP contribution < -0.4 is 5.32 Å². The molecule has 0 amide bonds. The number of nitrogens with one attached hydrogen (secondary N) is 1. The first-order valence-electron chi connectivity index (χ1n) is 6.52. The number of likely N-dealkylation sites (tertiary alicyclic amines) is 1. The standard InChI is InChI=1S/C12H24N2O2/c15-5-3-10-7-11(13-4-6-16)9-14(8-10)12-1-2-12/h10-13,15-16H,1-9H2. The molecule has 0 aromatic rings. The molecule has 1 aliphatic heterocycles. The Kier molecular flexibility index (Phi) is 4.58. The molecule has 0 spiro atoms. The van der Waals surface area contributed by atoms with Gasteiger partial charge in [-0.2, -0.15) is 0 Å². The molecule has 4 nitrogen and oxygen atoms in total. The molecule has 1 aliphatic carbocycles. The van der Waals surface area contributed by atoms with Crippen molar-refractivity contribution in [1.82, 2.24) is 10.2 Å². The first-order chi connectivity index (χ1) is 7.83. The minimum Gasteiger partial charge on any atom is -0.396 e. The topological polar surface area (TPSA) is 55.7 Å². The molecular weight excluding hydrogens is 204 g/mol. The molecule has 4 heteroatoms. The summed E-state index contributed by atoms with van der Waals surface area (Å²) in [6.07, 6.45) is 4.75. The van der Waals surface area contributed by atoms with Gasteiger partial charge in [-0.1, -0.05) is 0 Å². The summed E-state index contributed by atoms with van der Waals surface area (Å²) < 4.78 is 0. The van der Waals surface area contributed by atoms with Crippen LogP contribution in [0, 0.1) is 5.92 Å². The van der Waals surface area contributed by atoms with E-state index in [1.54, 1.807) is 0 Å². The smallest absolute Gasteiger partial charge is 0.0556 e. The zero-order valence-electron chi connectivity index (χ0n) is 9.94. The van der Waals surface area contributed by atoms with E-state index in [0.29, 0.717) is 25.1 Å². The highest BCUT2D eigenvalue weighted by Gasteiger charge is 2.35. The van der Waals surface area contributed by atoms with E-state index in [1.807, 2.05) is 0 Å². The highest BCUT2D eigenvalue weighted by Crippen LogP contribution is 2.31. The average Bonchev–Trinajstić information content (AvgIpc) is 3.10. The second kappa shape index (κ2) is 5.96. The first-order valence-corrected chi connectivity index (χ1v) is 6.52. The maximum atomic E-state index is 9.04. The van der Waals surface area contributed by atoms with Crippen LogP contribution >= 0.6 is 0 Å². The first kappa shape index (κ1) is 12.3. The molecule has 0 radical (unpaired) electrons. The Morgan fingerprint density at radius 2 is 1.94 bits per heavy atom. The summed E-state index contributed by atoms with van der Waals surface area (Å²) in [7, 11) is 0. The second-order valence-corrected chi connectivity index (χ2v) is 5.17. The fourth-order valence-corrected chi connectivity index (χ4v) is 2.79. The van der Waals surface area contributed by atoms with E-state index in [1.165, 1.54) is 12.8 Å². The molecular formula is C12H24N2O2. The molecule has 0 bridgehead atoms. The van der Waals surface area contributed by atoms with Crippen LogP contribution in [0.3, 0.4) is 0 Å². The molecule has 0 aromatic heterocycles. The largest absolute Gasteiger partial charge is 0.396 e. The van der Waals surface area contributed by atoms with E-state index in [2.05, 4.69) is 10.2 Å². The van der Waals surface area contributed by atoms with E-state index in [0.717, 1.165) is 32.0 Å². The van der Waals surface area contributed by atoms with Crippen LogP contribution in [0.15, 0.2) is 0 Å². The molecule has 1 heterocycles. The van der Waals surface area contributed by atoms with E-state index < -0.39 is 0 Å². The van der Waals surface area contributed by atoms with Crippen LogP contribution in [0.25, 0.3) is 0 Å². The van der Waals surface area contributed by atoms with Gasteiger partial charge >= 0.3 is 0 Å². The van der Waals surface area contributed by atoms with Gasteiger partial charge in [0.2, 0.25) is 0 Å². The van der Waals surface area contributed by atoms with Crippen molar-refractivity contribution in [2.75, 3.05) is 32.8 Å². The second-order valence-electron chi connectivity index (χ2n) is 5.17. The molecule has 2 atom stereocenters. The Hall–Kier alpha value is -0.160. The van der Waals surface area contributed by atoms with Gasteiger partial charge in [-0.15, -0.1) is 0 Å². The van der Waals surface area contributed by atoms with Crippen molar-refractivity contribution in [2.24, 2.45) is 5.92 Å². The molecule has 1 saturated heterocycles. The lowest BCUT2D eigenvalue weighted by Gasteiger charge is -2.38. The summed E-state index contributed by atoms with van der Waals surface area (Å²) >= 11 is 0. The number of rotatable bonds is 6. The lowest BCUT2D eigenvalue weighted by molar-refractivity contribution is 0.112. The van der Waals surface area contributed by atoms with Gasteiger partial charge in [0.05, 0.1) is 6.61 Å². The van der Waals surface area contributed by atoms with Crippen LogP contribution in [-0.4, -0.2) is 60.0 Å². The van der Waals surface area contributed by atoms with Gasteiger partial charge in [0.15, 0.2) is 0 Å². The van der Waals surface area contributed by atoms with Gasteiger partial charge in [0.1, 0.15) is 0 Å². The summed E-state index contributed by atoms with van der Waals surface area (Å²) in [5.41, 5.74) is 0. The van der Waals surface area contributed by atoms with Crippen molar-refractivity contribution >= 4 is 0 Å². The number of aliphatic hydroxyl groups excluding tert-OH is 2. The Morgan fingerprint density at radius 1 is 1.12 bits per heavy atom. The van der Waals surface area contributed by atoms with Crippen molar-refractivity contribution in [3.05, 3.63) is 0 Å². The maximum Gasteiger partial charge on any atom is 0.0556 e. The third-order valence-corrected chi connectivity index (χ3v) is 3.71. The molecule has 16 heavy (non-hydrogen) atoms. The van der Waals surface area contributed by atoms with Crippen LogP contribution in [0.4, 0.5) is 0 Å². The van der Waals surface area contributed by atoms with Gasteiger partial charge in [-0.3, -0.25) is 4.90 Å². The summed E-state index contributed by atoms with van der Waals surface area (Å²) in [5.74, 6) is 0.621. The number of hydrogen-bond donors (Lipinski definition) is 3. The van der Waals surface area contributed by atoms with E-state index in [9.17, 15) is 0 Å². The lowest BCUT2D eigenvalue weighted by Crippen LogP contribution is -2.50.